The van der Waals surface area contributed by atoms with E-state index < -0.39 is 0 Å². The number of aromatic amines is 1. The molecule has 1 N–H and O–H groups in total. The molecule has 0 aliphatic carbocycles. The summed E-state index contributed by atoms with van der Waals surface area (Å²) in [6.45, 7) is 2.35. The summed E-state index contributed by atoms with van der Waals surface area (Å²) in [7, 11) is 0. The van der Waals surface area contributed by atoms with E-state index in [0.717, 1.165) is 5.56 Å². The molecule has 0 saturated heterocycles. The van der Waals surface area contributed by atoms with Gasteiger partial charge >= 0.3 is 0 Å². The SMILES string of the molecule is Cc1ccc(OCCSc2nc(-c3ccc(F)cc3)nc3cc(=O)[nH]n23)cc1Cl. The highest BCUT2D eigenvalue weighted by atomic mass is 35.5. The van der Waals surface area contributed by atoms with Crippen molar-refractivity contribution in [3.05, 3.63) is 75.3 Å². The summed E-state index contributed by atoms with van der Waals surface area (Å²) in [6.07, 6.45) is 0. The zero-order chi connectivity index (χ0) is 20.4. The third kappa shape index (κ3) is 4.44. The number of hydrogen-bond donors (Lipinski definition) is 1. The van der Waals surface area contributed by atoms with Crippen molar-refractivity contribution in [2.24, 2.45) is 0 Å². The molecule has 4 rings (SSSR count). The van der Waals surface area contributed by atoms with Crippen LogP contribution in [0.25, 0.3) is 17.0 Å². The Hall–Kier alpha value is -2.84. The number of aryl methyl sites for hydroxylation is 1. The van der Waals surface area contributed by atoms with Gasteiger partial charge in [-0.15, -0.1) is 0 Å². The Kier molecular flexibility index (Phi) is 5.55. The molecule has 0 aliphatic rings. The fraction of sp³-hybridized carbons (Fsp3) is 0.150. The smallest absolute Gasteiger partial charge is 0.266 e. The molecule has 4 aromatic rings. The molecule has 6 nitrogen and oxygen atoms in total. The highest BCUT2D eigenvalue weighted by Gasteiger charge is 2.12. The van der Waals surface area contributed by atoms with Gasteiger partial charge < -0.3 is 4.74 Å². The van der Waals surface area contributed by atoms with Crippen molar-refractivity contribution < 1.29 is 9.13 Å². The number of thioether (sulfide) groups is 1. The zero-order valence-corrected chi connectivity index (χ0v) is 16.9. The lowest BCUT2D eigenvalue weighted by Gasteiger charge is -2.09. The minimum atomic E-state index is -0.337. The second-order valence-electron chi connectivity index (χ2n) is 6.26. The summed E-state index contributed by atoms with van der Waals surface area (Å²) < 4.78 is 20.5. The van der Waals surface area contributed by atoms with Gasteiger partial charge in [0.2, 0.25) is 0 Å². The maximum absolute atomic E-state index is 13.2. The number of nitrogens with zero attached hydrogens (tertiary/aromatic N) is 3. The van der Waals surface area contributed by atoms with Crippen molar-refractivity contribution in [1.82, 2.24) is 19.6 Å². The van der Waals surface area contributed by atoms with Crippen molar-refractivity contribution in [3.8, 4) is 17.1 Å². The van der Waals surface area contributed by atoms with Crippen molar-refractivity contribution in [2.75, 3.05) is 12.4 Å². The number of halogens is 2. The van der Waals surface area contributed by atoms with Crippen molar-refractivity contribution in [2.45, 2.75) is 12.1 Å². The van der Waals surface area contributed by atoms with E-state index in [4.69, 9.17) is 16.3 Å². The first kappa shape index (κ1) is 19.5. The van der Waals surface area contributed by atoms with E-state index in [1.807, 2.05) is 19.1 Å². The van der Waals surface area contributed by atoms with Crippen LogP contribution in [-0.4, -0.2) is 31.9 Å². The summed E-state index contributed by atoms with van der Waals surface area (Å²) in [6, 6.07) is 12.8. The molecule has 0 fully saturated rings. The fourth-order valence-electron chi connectivity index (χ4n) is 2.66. The highest BCUT2D eigenvalue weighted by molar-refractivity contribution is 7.99. The van der Waals surface area contributed by atoms with Gasteiger partial charge in [-0.3, -0.25) is 9.89 Å². The number of H-pyrrole nitrogens is 1. The number of nitrogens with one attached hydrogen (secondary N) is 1. The van der Waals surface area contributed by atoms with E-state index in [-0.39, 0.29) is 11.4 Å². The average molecular weight is 431 g/mol. The predicted octanol–water partition coefficient (Wildman–Crippen LogP) is 4.36. The predicted molar refractivity (Wildman–Crippen MR) is 111 cm³/mol. The molecule has 9 heteroatoms. The second-order valence-corrected chi connectivity index (χ2v) is 7.73. The molecule has 0 atom stereocenters. The van der Waals surface area contributed by atoms with Gasteiger partial charge in [-0.2, -0.15) is 0 Å². The van der Waals surface area contributed by atoms with Crippen LogP contribution in [0.4, 0.5) is 4.39 Å². The van der Waals surface area contributed by atoms with Crippen LogP contribution in [0.2, 0.25) is 5.02 Å². The minimum Gasteiger partial charge on any atom is -0.493 e. The van der Waals surface area contributed by atoms with Crippen molar-refractivity contribution in [1.29, 1.82) is 0 Å². The topological polar surface area (TPSA) is 72.3 Å². The first-order valence-electron chi connectivity index (χ1n) is 8.77. The minimum absolute atomic E-state index is 0.275. The Morgan fingerprint density at radius 3 is 2.72 bits per heavy atom. The summed E-state index contributed by atoms with van der Waals surface area (Å²) in [5, 5.41) is 3.90. The number of aromatic nitrogens is 4. The van der Waals surface area contributed by atoms with E-state index in [1.165, 1.54) is 34.5 Å². The van der Waals surface area contributed by atoms with Crippen molar-refractivity contribution in [3.63, 3.8) is 0 Å². The Balaban J connectivity index is 1.53. The van der Waals surface area contributed by atoms with Gasteiger partial charge in [0.25, 0.3) is 5.56 Å². The van der Waals surface area contributed by atoms with Gasteiger partial charge in [0.15, 0.2) is 16.6 Å². The standard InChI is InChI=1S/C20H16ClFN4O2S/c1-12-2-7-15(10-16(12)21)28-8-9-29-20-24-19(13-3-5-14(22)6-4-13)23-17-11-18(27)25-26(17)20/h2-7,10-11H,8-9H2,1H3,(H,25,27). The molecular weight excluding hydrogens is 415 g/mol. The maximum atomic E-state index is 13.2. The molecule has 2 aromatic heterocycles. The van der Waals surface area contributed by atoms with Crippen LogP contribution in [0.3, 0.4) is 0 Å². The van der Waals surface area contributed by atoms with Gasteiger partial charge in [-0.05, 0) is 48.9 Å². The Morgan fingerprint density at radius 2 is 1.97 bits per heavy atom. The molecular formula is C20H16ClFN4O2S. The van der Waals surface area contributed by atoms with E-state index >= 15 is 0 Å². The van der Waals surface area contributed by atoms with Crippen LogP contribution in [0.1, 0.15) is 5.56 Å². The summed E-state index contributed by atoms with van der Waals surface area (Å²) >= 11 is 7.52. The van der Waals surface area contributed by atoms with Crippen LogP contribution in [-0.2, 0) is 0 Å². The average Bonchev–Trinajstić information content (AvgIpc) is 3.08. The molecule has 2 aromatic carbocycles. The molecule has 148 valence electrons. The first-order valence-corrected chi connectivity index (χ1v) is 10.1. The number of hydrogen-bond acceptors (Lipinski definition) is 5. The van der Waals surface area contributed by atoms with E-state index in [2.05, 4.69) is 15.1 Å². The van der Waals surface area contributed by atoms with Crippen molar-refractivity contribution >= 4 is 29.0 Å². The summed E-state index contributed by atoms with van der Waals surface area (Å²) in [5.41, 5.74) is 1.82. The highest BCUT2D eigenvalue weighted by Crippen LogP contribution is 2.24. The van der Waals surface area contributed by atoms with Crippen LogP contribution >= 0.6 is 23.4 Å². The Bertz CT molecular complexity index is 1220. The van der Waals surface area contributed by atoms with Gasteiger partial charge in [0.1, 0.15) is 11.6 Å². The molecule has 0 radical (unpaired) electrons. The third-order valence-electron chi connectivity index (χ3n) is 4.15. The molecule has 0 saturated carbocycles. The normalized spacial score (nSPS) is 11.1. The van der Waals surface area contributed by atoms with Crippen LogP contribution in [0, 0.1) is 12.7 Å². The monoisotopic (exact) mass is 430 g/mol. The molecule has 0 amide bonds. The van der Waals surface area contributed by atoms with E-state index in [0.29, 0.717) is 45.3 Å². The number of fused-ring (bicyclic) bond motifs is 1. The molecule has 0 spiro atoms. The van der Waals surface area contributed by atoms with E-state index in [9.17, 15) is 9.18 Å². The molecule has 2 heterocycles. The lowest BCUT2D eigenvalue weighted by molar-refractivity contribution is 0.344. The Morgan fingerprint density at radius 1 is 1.17 bits per heavy atom. The molecule has 29 heavy (non-hydrogen) atoms. The van der Waals surface area contributed by atoms with Gasteiger partial charge in [-0.1, -0.05) is 29.4 Å². The maximum Gasteiger partial charge on any atom is 0.266 e. The van der Waals surface area contributed by atoms with Crippen LogP contribution < -0.4 is 10.3 Å². The van der Waals surface area contributed by atoms with Gasteiger partial charge in [-0.25, -0.2) is 18.9 Å². The lowest BCUT2D eigenvalue weighted by atomic mass is 10.2. The van der Waals surface area contributed by atoms with Crippen LogP contribution in [0.5, 0.6) is 5.75 Å². The number of benzene rings is 2. The first-order chi connectivity index (χ1) is 14.0. The molecule has 0 unspecified atom stereocenters. The van der Waals surface area contributed by atoms with Gasteiger partial charge in [0, 0.05) is 22.4 Å². The van der Waals surface area contributed by atoms with Gasteiger partial charge in [0.05, 0.1) is 6.61 Å². The third-order valence-corrected chi connectivity index (χ3v) is 5.46. The van der Waals surface area contributed by atoms with Crippen LogP contribution in [0.15, 0.2) is 58.5 Å². The van der Waals surface area contributed by atoms with E-state index in [1.54, 1.807) is 18.2 Å². The Labute approximate surface area is 174 Å². The second kappa shape index (κ2) is 8.26. The number of rotatable bonds is 6. The fourth-order valence-corrected chi connectivity index (χ4v) is 3.60. The number of ether oxygens (including phenoxy) is 1. The quantitative estimate of drug-likeness (QED) is 0.363. The largest absolute Gasteiger partial charge is 0.493 e. The summed E-state index contributed by atoms with van der Waals surface area (Å²) in [4.78, 5) is 20.7. The molecule has 0 bridgehead atoms. The molecule has 0 aliphatic heterocycles. The zero-order valence-electron chi connectivity index (χ0n) is 15.4. The summed E-state index contributed by atoms with van der Waals surface area (Å²) in [5.74, 6) is 1.35. The lowest BCUT2D eigenvalue weighted by Crippen LogP contribution is -2.07.